The summed E-state index contributed by atoms with van der Waals surface area (Å²) in [6.07, 6.45) is -1.80. The highest BCUT2D eigenvalue weighted by atomic mass is 35.5. The van der Waals surface area contributed by atoms with Crippen molar-refractivity contribution in [3.8, 4) is 0 Å². The van der Waals surface area contributed by atoms with Gasteiger partial charge in [-0.1, -0.05) is 11.6 Å². The Morgan fingerprint density at radius 3 is 2.88 bits per heavy atom. The summed E-state index contributed by atoms with van der Waals surface area (Å²) in [5, 5.41) is -0.0918. The minimum absolute atomic E-state index is 0.0256. The second-order valence-corrected chi connectivity index (χ2v) is 3.31. The highest BCUT2D eigenvalue weighted by Crippen LogP contribution is 2.27. The molecule has 0 spiro atoms. The summed E-state index contributed by atoms with van der Waals surface area (Å²) in [4.78, 5) is 14.8. The van der Waals surface area contributed by atoms with Crippen LogP contribution in [0.4, 0.5) is 8.78 Å². The molecular weight excluding hydrogens is 240 g/mol. The third-order valence-electron chi connectivity index (χ3n) is 1.90. The third kappa shape index (κ3) is 3.13. The zero-order valence-electron chi connectivity index (χ0n) is 8.54. The van der Waals surface area contributed by atoms with Gasteiger partial charge < -0.3 is 4.74 Å². The van der Waals surface area contributed by atoms with E-state index in [0.29, 0.717) is 0 Å². The number of esters is 1. The predicted molar refractivity (Wildman–Crippen MR) is 54.5 cm³/mol. The van der Waals surface area contributed by atoms with Gasteiger partial charge in [0.2, 0.25) is 0 Å². The molecule has 0 N–H and O–H groups in total. The Kier molecular flexibility index (Phi) is 4.61. The molecule has 0 unspecified atom stereocenters. The van der Waals surface area contributed by atoms with Crippen molar-refractivity contribution in [2.24, 2.45) is 0 Å². The van der Waals surface area contributed by atoms with Crippen LogP contribution in [0.5, 0.6) is 0 Å². The average Bonchev–Trinajstić information content (AvgIpc) is 2.21. The number of pyridine rings is 1. The zero-order valence-corrected chi connectivity index (χ0v) is 9.30. The van der Waals surface area contributed by atoms with E-state index in [1.54, 1.807) is 6.92 Å². The lowest BCUT2D eigenvalue weighted by Crippen LogP contribution is -2.10. The number of aromatic nitrogens is 1. The van der Waals surface area contributed by atoms with Crippen molar-refractivity contribution in [1.82, 2.24) is 4.98 Å². The van der Waals surface area contributed by atoms with Gasteiger partial charge in [-0.3, -0.25) is 4.79 Å². The summed E-state index contributed by atoms with van der Waals surface area (Å²) in [6.45, 7) is 1.83. The van der Waals surface area contributed by atoms with E-state index in [2.05, 4.69) is 9.72 Å². The molecule has 16 heavy (non-hydrogen) atoms. The molecule has 0 aliphatic heterocycles. The Bertz CT molecular complexity index is 385. The van der Waals surface area contributed by atoms with Crippen LogP contribution in [0, 0.1) is 0 Å². The molecule has 88 valence electrons. The zero-order chi connectivity index (χ0) is 12.1. The molecule has 0 saturated heterocycles. The number of hydrogen-bond donors (Lipinski definition) is 0. The van der Waals surface area contributed by atoms with Crippen molar-refractivity contribution in [2.75, 3.05) is 6.61 Å². The maximum Gasteiger partial charge on any atom is 0.310 e. The predicted octanol–water partition coefficient (Wildman–Crippen LogP) is 2.78. The van der Waals surface area contributed by atoms with Gasteiger partial charge in [-0.25, -0.2) is 13.8 Å². The minimum Gasteiger partial charge on any atom is -0.466 e. The first kappa shape index (κ1) is 12.8. The van der Waals surface area contributed by atoms with E-state index < -0.39 is 12.4 Å². The van der Waals surface area contributed by atoms with Gasteiger partial charge in [-0.2, -0.15) is 0 Å². The molecule has 1 aromatic rings. The van der Waals surface area contributed by atoms with Gasteiger partial charge >= 0.3 is 5.97 Å². The van der Waals surface area contributed by atoms with Gasteiger partial charge in [-0.15, -0.1) is 0 Å². The maximum atomic E-state index is 12.6. The first-order valence-corrected chi connectivity index (χ1v) is 5.01. The first-order valence-electron chi connectivity index (χ1n) is 4.63. The number of halogens is 3. The number of carbonyl (C=O) groups excluding carboxylic acids is 1. The standard InChI is InChI=1S/C10H10ClF2NO2/c1-2-16-8(15)5-7-6(10(12)13)3-4-14-9(7)11/h3-4,10H,2,5H2,1H3. The van der Waals surface area contributed by atoms with Crippen molar-refractivity contribution in [1.29, 1.82) is 0 Å². The second kappa shape index (κ2) is 5.75. The van der Waals surface area contributed by atoms with Gasteiger partial charge in [-0.05, 0) is 13.0 Å². The third-order valence-corrected chi connectivity index (χ3v) is 2.23. The van der Waals surface area contributed by atoms with E-state index >= 15 is 0 Å². The van der Waals surface area contributed by atoms with Crippen LogP contribution in [-0.2, 0) is 16.0 Å². The second-order valence-electron chi connectivity index (χ2n) is 2.95. The van der Waals surface area contributed by atoms with Crippen LogP contribution < -0.4 is 0 Å². The molecule has 0 atom stereocenters. The number of rotatable bonds is 4. The quantitative estimate of drug-likeness (QED) is 0.608. The van der Waals surface area contributed by atoms with Gasteiger partial charge in [0.15, 0.2) is 0 Å². The fourth-order valence-electron chi connectivity index (χ4n) is 1.22. The average molecular weight is 250 g/mol. The lowest BCUT2D eigenvalue weighted by atomic mass is 10.1. The maximum absolute atomic E-state index is 12.6. The first-order chi connectivity index (χ1) is 7.56. The summed E-state index contributed by atoms with van der Waals surface area (Å²) in [6, 6.07) is 1.14. The lowest BCUT2D eigenvalue weighted by Gasteiger charge is -2.09. The molecule has 0 saturated carbocycles. The molecular formula is C10H10ClF2NO2. The number of hydrogen-bond acceptors (Lipinski definition) is 3. The topological polar surface area (TPSA) is 39.2 Å². The molecule has 1 rings (SSSR count). The fraction of sp³-hybridized carbons (Fsp3) is 0.400. The SMILES string of the molecule is CCOC(=O)Cc1c(C(F)F)ccnc1Cl. The van der Waals surface area contributed by atoms with Gasteiger partial charge in [0, 0.05) is 17.3 Å². The molecule has 1 aromatic heterocycles. The lowest BCUT2D eigenvalue weighted by molar-refractivity contribution is -0.142. The van der Waals surface area contributed by atoms with Crippen LogP contribution in [0.15, 0.2) is 12.3 Å². The summed E-state index contributed by atoms with van der Waals surface area (Å²) in [7, 11) is 0. The van der Waals surface area contributed by atoms with Crippen molar-refractivity contribution < 1.29 is 18.3 Å². The molecule has 3 nitrogen and oxygen atoms in total. The molecule has 6 heteroatoms. The van der Waals surface area contributed by atoms with Gasteiger partial charge in [0.05, 0.1) is 13.0 Å². The van der Waals surface area contributed by atoms with Crippen LogP contribution in [0.3, 0.4) is 0 Å². The molecule has 1 heterocycles. The van der Waals surface area contributed by atoms with Crippen LogP contribution in [0.1, 0.15) is 24.5 Å². The van der Waals surface area contributed by atoms with Gasteiger partial charge in [0.1, 0.15) is 5.15 Å². The van der Waals surface area contributed by atoms with E-state index in [4.69, 9.17) is 11.6 Å². The van der Waals surface area contributed by atoms with E-state index in [0.717, 1.165) is 6.07 Å². The van der Waals surface area contributed by atoms with E-state index in [-0.39, 0.29) is 29.3 Å². The van der Waals surface area contributed by atoms with Crippen LogP contribution in [0.25, 0.3) is 0 Å². The molecule has 0 aliphatic rings. The fourth-order valence-corrected chi connectivity index (χ4v) is 1.45. The smallest absolute Gasteiger partial charge is 0.310 e. The number of carbonyl (C=O) groups is 1. The Morgan fingerprint density at radius 1 is 1.62 bits per heavy atom. The van der Waals surface area contributed by atoms with Crippen molar-refractivity contribution in [3.05, 3.63) is 28.5 Å². The Balaban J connectivity index is 2.97. The molecule has 0 bridgehead atoms. The molecule has 0 amide bonds. The van der Waals surface area contributed by atoms with Crippen LogP contribution in [-0.4, -0.2) is 17.6 Å². The summed E-state index contributed by atoms with van der Waals surface area (Å²) < 4.78 is 29.9. The number of ether oxygens (including phenoxy) is 1. The normalized spacial score (nSPS) is 10.6. The van der Waals surface area contributed by atoms with Crippen molar-refractivity contribution >= 4 is 17.6 Å². The molecule has 0 aromatic carbocycles. The molecule has 0 fully saturated rings. The van der Waals surface area contributed by atoms with Crippen molar-refractivity contribution in [3.63, 3.8) is 0 Å². The summed E-state index contributed by atoms with van der Waals surface area (Å²) in [5.41, 5.74) is -0.259. The Morgan fingerprint density at radius 2 is 2.31 bits per heavy atom. The minimum atomic E-state index is -2.69. The van der Waals surface area contributed by atoms with Gasteiger partial charge in [0.25, 0.3) is 6.43 Å². The summed E-state index contributed by atoms with van der Waals surface area (Å²) >= 11 is 5.67. The monoisotopic (exact) mass is 249 g/mol. The Labute approximate surface area is 96.4 Å². The summed E-state index contributed by atoms with van der Waals surface area (Å²) in [5.74, 6) is -0.598. The van der Waals surface area contributed by atoms with Crippen LogP contribution >= 0.6 is 11.6 Å². The van der Waals surface area contributed by atoms with Crippen molar-refractivity contribution in [2.45, 2.75) is 19.8 Å². The van der Waals surface area contributed by atoms with E-state index in [1.807, 2.05) is 0 Å². The Hall–Kier alpha value is -1.23. The number of nitrogens with zero attached hydrogens (tertiary/aromatic N) is 1. The molecule has 0 radical (unpaired) electrons. The van der Waals surface area contributed by atoms with E-state index in [1.165, 1.54) is 6.20 Å². The number of alkyl halides is 2. The molecule has 0 aliphatic carbocycles. The highest BCUT2D eigenvalue weighted by molar-refractivity contribution is 6.30. The van der Waals surface area contributed by atoms with E-state index in [9.17, 15) is 13.6 Å². The van der Waals surface area contributed by atoms with Crippen LogP contribution in [0.2, 0.25) is 5.15 Å². The highest BCUT2D eigenvalue weighted by Gasteiger charge is 2.19. The largest absolute Gasteiger partial charge is 0.466 e.